The zero-order chi connectivity index (χ0) is 18.5. The number of halogens is 2. The quantitative estimate of drug-likeness (QED) is 0.524. The van der Waals surface area contributed by atoms with Crippen LogP contribution in [0.2, 0.25) is 0 Å². The summed E-state index contributed by atoms with van der Waals surface area (Å²) in [6.45, 7) is 4.20. The Morgan fingerprint density at radius 1 is 1.00 bits per heavy atom. The second kappa shape index (κ2) is 9.01. The highest BCUT2D eigenvalue weighted by Gasteiger charge is 2.32. The van der Waals surface area contributed by atoms with E-state index in [1.165, 1.54) is 25.7 Å². The third-order valence-electron chi connectivity index (χ3n) is 6.03. The third-order valence-corrected chi connectivity index (χ3v) is 6.03. The molecule has 0 heterocycles. The van der Waals surface area contributed by atoms with Crippen molar-refractivity contribution >= 4 is 0 Å². The van der Waals surface area contributed by atoms with Gasteiger partial charge in [-0.05, 0) is 94.6 Å². The van der Waals surface area contributed by atoms with Crippen LogP contribution >= 0.6 is 0 Å². The molecular weight excluding hydrogens is 330 g/mol. The normalized spacial score (nSPS) is 21.5. The van der Waals surface area contributed by atoms with Gasteiger partial charge in [-0.2, -0.15) is 4.39 Å². The Morgan fingerprint density at radius 2 is 1.69 bits per heavy atom. The summed E-state index contributed by atoms with van der Waals surface area (Å²) >= 11 is 0. The van der Waals surface area contributed by atoms with Crippen molar-refractivity contribution < 1.29 is 13.5 Å². The number of hydrogen-bond donors (Lipinski definition) is 0. The molecule has 0 atom stereocenters. The number of hydrogen-bond acceptors (Lipinski definition) is 1. The maximum atomic E-state index is 14.4. The van der Waals surface area contributed by atoms with E-state index in [0.717, 1.165) is 37.5 Å². The van der Waals surface area contributed by atoms with E-state index >= 15 is 0 Å². The molecule has 0 saturated heterocycles. The topological polar surface area (TPSA) is 9.23 Å². The predicted octanol–water partition coefficient (Wildman–Crippen LogP) is 6.82. The van der Waals surface area contributed by atoms with Crippen LogP contribution in [-0.2, 0) is 0 Å². The summed E-state index contributed by atoms with van der Waals surface area (Å²) in [5.41, 5.74) is 0.450. The Morgan fingerprint density at radius 3 is 2.31 bits per heavy atom. The fourth-order valence-corrected chi connectivity index (χ4v) is 4.60. The highest BCUT2D eigenvalue weighted by molar-refractivity contribution is 5.39. The summed E-state index contributed by atoms with van der Waals surface area (Å²) in [4.78, 5) is 0. The molecule has 1 nitrogen and oxygen atoms in total. The van der Waals surface area contributed by atoms with Gasteiger partial charge in [-0.25, -0.2) is 4.39 Å². The van der Waals surface area contributed by atoms with Gasteiger partial charge < -0.3 is 4.74 Å². The molecule has 1 aromatic carbocycles. The molecule has 0 N–H and O–H groups in total. The van der Waals surface area contributed by atoms with Crippen LogP contribution in [0.3, 0.4) is 0 Å². The van der Waals surface area contributed by atoms with E-state index in [1.54, 1.807) is 25.0 Å². The molecule has 0 amide bonds. The van der Waals surface area contributed by atoms with Crippen LogP contribution in [0.15, 0.2) is 24.3 Å². The standard InChI is InChI=1S/C23H30F2O/c1-3-5-16-6-8-17(9-7-16)18-10-12-19(13-11-18)20-14-15-21(26-4-2)23(25)22(20)24/h3,5,14-16,18H,4,6-13H2,1-2H3. The first-order valence-corrected chi connectivity index (χ1v) is 10.1. The van der Waals surface area contributed by atoms with Gasteiger partial charge in [0, 0.05) is 5.92 Å². The summed E-state index contributed by atoms with van der Waals surface area (Å²) in [6, 6.07) is 3.25. The molecular formula is C23H30F2O. The van der Waals surface area contributed by atoms with Crippen molar-refractivity contribution in [2.24, 2.45) is 11.8 Å². The van der Waals surface area contributed by atoms with Gasteiger partial charge in [-0.15, -0.1) is 0 Å². The Balaban J connectivity index is 1.57. The van der Waals surface area contributed by atoms with Crippen molar-refractivity contribution in [3.63, 3.8) is 0 Å². The molecule has 0 aliphatic heterocycles. The van der Waals surface area contributed by atoms with Gasteiger partial charge in [-0.3, -0.25) is 0 Å². The molecule has 0 unspecified atom stereocenters. The second-order valence-electron chi connectivity index (χ2n) is 7.57. The van der Waals surface area contributed by atoms with Crippen molar-refractivity contribution in [1.29, 1.82) is 0 Å². The van der Waals surface area contributed by atoms with E-state index in [9.17, 15) is 8.78 Å². The molecule has 0 spiro atoms. The van der Waals surface area contributed by atoms with Gasteiger partial charge in [0.05, 0.1) is 6.61 Å². The number of benzene rings is 1. The average molecular weight is 360 g/mol. The third kappa shape index (κ3) is 4.29. The zero-order valence-electron chi connectivity index (χ0n) is 16.0. The lowest BCUT2D eigenvalue weighted by Gasteiger charge is -2.37. The lowest BCUT2D eigenvalue weighted by atomic mass is 9.68. The molecule has 1 aromatic rings. The van der Waals surface area contributed by atoms with Crippen molar-refractivity contribution in [3.8, 4) is 5.75 Å². The van der Waals surface area contributed by atoms with Gasteiger partial charge in [0.25, 0.3) is 0 Å². The second-order valence-corrected chi connectivity index (χ2v) is 7.57. The van der Waals surface area contributed by atoms with Crippen molar-refractivity contribution in [2.75, 3.05) is 6.61 Å². The number of allylic oxidation sites excluding steroid dienone is 2. The molecule has 0 aromatic heterocycles. The molecule has 2 saturated carbocycles. The molecule has 2 fully saturated rings. The molecule has 142 valence electrons. The van der Waals surface area contributed by atoms with E-state index in [-0.39, 0.29) is 5.75 Å². The van der Waals surface area contributed by atoms with Gasteiger partial charge >= 0.3 is 0 Å². The molecule has 3 rings (SSSR count). The molecule has 0 bridgehead atoms. The summed E-state index contributed by atoms with van der Waals surface area (Å²) in [5.74, 6) is 2.60. The van der Waals surface area contributed by atoms with Crippen LogP contribution < -0.4 is 4.74 Å². The minimum Gasteiger partial charge on any atom is -0.491 e. The summed E-state index contributed by atoms with van der Waals surface area (Å²) in [7, 11) is 0. The first kappa shape index (κ1) is 19.4. The largest absolute Gasteiger partial charge is 0.491 e. The minimum atomic E-state index is -0.851. The molecule has 2 aliphatic rings. The van der Waals surface area contributed by atoms with Gasteiger partial charge in [0.1, 0.15) is 0 Å². The van der Waals surface area contributed by atoms with Gasteiger partial charge in [0.15, 0.2) is 11.6 Å². The van der Waals surface area contributed by atoms with E-state index in [2.05, 4.69) is 19.1 Å². The van der Waals surface area contributed by atoms with E-state index < -0.39 is 11.6 Å². The van der Waals surface area contributed by atoms with Gasteiger partial charge in [0.2, 0.25) is 5.82 Å². The highest BCUT2D eigenvalue weighted by atomic mass is 19.2. The van der Waals surface area contributed by atoms with Crippen LogP contribution in [0, 0.1) is 35.3 Å². The average Bonchev–Trinajstić information content (AvgIpc) is 2.67. The van der Waals surface area contributed by atoms with E-state index in [0.29, 0.717) is 18.1 Å². The van der Waals surface area contributed by atoms with Gasteiger partial charge in [-0.1, -0.05) is 18.2 Å². The maximum absolute atomic E-state index is 14.4. The van der Waals surface area contributed by atoms with Crippen molar-refractivity contribution in [2.45, 2.75) is 65.2 Å². The Labute approximate surface area is 156 Å². The minimum absolute atomic E-state index is 0.0106. The molecule has 2 aliphatic carbocycles. The Hall–Kier alpha value is -1.38. The molecule has 3 heteroatoms. The summed E-state index contributed by atoms with van der Waals surface area (Å²) in [5, 5.41) is 0. The van der Waals surface area contributed by atoms with E-state index in [4.69, 9.17) is 4.74 Å². The van der Waals surface area contributed by atoms with Crippen LogP contribution in [0.4, 0.5) is 8.78 Å². The van der Waals surface area contributed by atoms with Crippen LogP contribution in [0.5, 0.6) is 5.75 Å². The lowest BCUT2D eigenvalue weighted by molar-refractivity contribution is 0.309. The first-order valence-electron chi connectivity index (χ1n) is 10.1. The number of ether oxygens (including phenoxy) is 1. The van der Waals surface area contributed by atoms with Crippen LogP contribution in [0.1, 0.15) is 70.8 Å². The first-order chi connectivity index (χ1) is 12.6. The van der Waals surface area contributed by atoms with Crippen LogP contribution in [-0.4, -0.2) is 6.61 Å². The van der Waals surface area contributed by atoms with E-state index in [1.807, 2.05) is 0 Å². The smallest absolute Gasteiger partial charge is 0.200 e. The summed E-state index contributed by atoms with van der Waals surface area (Å²) < 4.78 is 33.7. The zero-order valence-corrected chi connectivity index (χ0v) is 16.0. The fourth-order valence-electron chi connectivity index (χ4n) is 4.60. The van der Waals surface area contributed by atoms with Crippen molar-refractivity contribution in [3.05, 3.63) is 53.3 Å². The van der Waals surface area contributed by atoms with Crippen molar-refractivity contribution in [1.82, 2.24) is 0 Å². The maximum Gasteiger partial charge on any atom is 0.200 e. The Kier molecular flexibility index (Phi) is 6.72. The highest BCUT2D eigenvalue weighted by Crippen LogP contribution is 2.45. The number of rotatable bonds is 5. The SMILES string of the molecule is CC=CC1CC[C](C2CC[C](c3ccc(OCC)c(F)c3F)CC2)CC1. The fraction of sp³-hybridized carbons (Fsp3) is 0.565. The van der Waals surface area contributed by atoms with Crippen LogP contribution in [0.25, 0.3) is 0 Å². The molecule has 2 radical (unpaired) electrons. The Bertz CT molecular complexity index is 609. The summed E-state index contributed by atoms with van der Waals surface area (Å²) in [6.07, 6.45) is 13.4. The lowest BCUT2D eigenvalue weighted by Crippen LogP contribution is -2.24. The predicted molar refractivity (Wildman–Crippen MR) is 102 cm³/mol. The monoisotopic (exact) mass is 360 g/mol. The molecule has 26 heavy (non-hydrogen) atoms.